The highest BCUT2D eigenvalue weighted by Gasteiger charge is 2.44. The van der Waals surface area contributed by atoms with Crippen molar-refractivity contribution in [2.45, 2.75) is 38.5 Å². The van der Waals surface area contributed by atoms with Crippen LogP contribution in [0.15, 0.2) is 486 Å². The average molecular weight is 1910 g/mol. The van der Waals surface area contributed by atoms with E-state index in [2.05, 4.69) is 455 Å². The number of hydrogen-bond donors (Lipinski definition) is 0. The third-order valence-electron chi connectivity index (χ3n) is 29.4. The van der Waals surface area contributed by atoms with Crippen LogP contribution in [-0.2, 0) is 38.5 Å². The topological polar surface area (TPSA) is 77.3 Å². The van der Waals surface area contributed by atoms with Crippen molar-refractivity contribution in [3.05, 3.63) is 519 Å². The Hall–Kier alpha value is -16.5. The van der Waals surface area contributed by atoms with Crippen molar-refractivity contribution in [1.29, 1.82) is 0 Å². The van der Waals surface area contributed by atoms with Crippen molar-refractivity contribution in [2.75, 3.05) is 0 Å². The molecule has 19 aromatic carbocycles. The van der Waals surface area contributed by atoms with Crippen molar-refractivity contribution >= 4 is 152 Å². The van der Waals surface area contributed by atoms with Crippen LogP contribution < -0.4 is 41.5 Å². The average Bonchev–Trinajstić information content (AvgIpc) is 1.60. The lowest BCUT2D eigenvalue weighted by molar-refractivity contribution is 0.944. The highest BCUT2D eigenvalue weighted by Crippen LogP contribution is 2.49. The van der Waals surface area contributed by atoms with Gasteiger partial charge in [0.1, 0.15) is 0 Å². The molecule has 0 unspecified atom stereocenters. The fourth-order valence-electron chi connectivity index (χ4n) is 22.7. The molecule has 0 N–H and O–H groups in total. The molecule has 3 aliphatic carbocycles. The summed E-state index contributed by atoms with van der Waals surface area (Å²) in [7, 11) is -5.33. The zero-order valence-corrected chi connectivity index (χ0v) is 82.8. The van der Waals surface area contributed by atoms with Crippen molar-refractivity contribution in [2.24, 2.45) is 0 Å². The van der Waals surface area contributed by atoms with Crippen LogP contribution in [0.2, 0.25) is 0 Å². The molecule has 0 amide bonds. The quantitative estimate of drug-likeness (QED) is 0.0752. The summed E-state index contributed by atoms with van der Waals surface area (Å²) in [4.78, 5) is 30.4. The van der Waals surface area contributed by atoms with E-state index < -0.39 is 16.1 Å². The molecule has 676 valence electrons. The van der Waals surface area contributed by atoms with Crippen LogP contribution in [0.25, 0.3) is 173 Å². The van der Waals surface area contributed by atoms with E-state index in [1.165, 1.54) is 169 Å². The minimum absolute atomic E-state index is 0.757. The second kappa shape index (κ2) is 37.3. The Balaban J connectivity index is 0.000000111. The van der Waals surface area contributed by atoms with E-state index in [1.54, 1.807) is 0 Å². The first-order valence-corrected chi connectivity index (χ1v) is 55.7. The van der Waals surface area contributed by atoms with E-state index in [4.69, 9.17) is 29.9 Å². The van der Waals surface area contributed by atoms with Gasteiger partial charge in [-0.05, 0) is 226 Å². The lowest BCUT2D eigenvalue weighted by atomic mass is 9.84. The Morgan fingerprint density at radius 1 is 0.168 bits per heavy atom. The summed E-state index contributed by atoms with van der Waals surface area (Å²) in [5, 5.41) is 18.8. The van der Waals surface area contributed by atoms with Crippen LogP contribution in [0.1, 0.15) is 33.4 Å². The van der Waals surface area contributed by atoms with E-state index in [9.17, 15) is 0 Å². The Bertz CT molecular complexity index is 8910. The number of rotatable bonds is 15. The molecule has 143 heavy (non-hydrogen) atoms. The zero-order valence-electron chi connectivity index (χ0n) is 78.3. The predicted octanol–water partition coefficient (Wildman–Crippen LogP) is 28.3. The molecule has 28 rings (SSSR count). The summed E-state index contributed by atoms with van der Waals surface area (Å²) >= 11 is 5.60. The lowest BCUT2D eigenvalue weighted by Gasteiger charge is -2.34. The number of thiophene rings is 3. The third-order valence-corrected chi connectivity index (χ3v) is 42.5. The Morgan fingerprint density at radius 3 is 0.930 bits per heavy atom. The molecule has 0 saturated heterocycles. The maximum absolute atomic E-state index is 5.29. The van der Waals surface area contributed by atoms with Crippen LogP contribution >= 0.6 is 34.0 Å². The molecule has 0 saturated carbocycles. The van der Waals surface area contributed by atoms with E-state index in [1.807, 2.05) is 64.6 Å². The smallest absolute Gasteiger partial charge is 0.179 e. The van der Waals surface area contributed by atoms with Gasteiger partial charge in [-0.2, -0.15) is 0 Å². The van der Waals surface area contributed by atoms with Gasteiger partial charge < -0.3 is 0 Å². The second-order valence-corrected chi connectivity index (χ2v) is 48.3. The standard InChI is InChI=1S/2C48H34N2SSi.C36H24N2S/c1-4-16-36(17-5-1)52(37-18-6-2-7-19-37,38-20-8-3-9-21-38)39-22-12-15-35(30-39)45-28-29-49-48(50-45)42-25-13-24-41-44-31-34-27-26-33-14-10-11-23-40(33)43(34)32-46(44)51-47(41)42;1-4-14-37(15-5-1)52(38-16-6-2-7-17-38,39-18-8-3-9-19-39)40-20-12-13-35(30-40)45-27-28-49-48(50-45)36-25-26-41-33(29-36)23-24-34-31-44-42-21-10-11-22-46(42)51-47(44)32-43(34)41;1-3-11-24(12-4-1)32-22-33(25-13-5-2-6-14-25)38-36(37-32)29-17-9-16-28-31-20-26-19-18-23-10-7-8-15-27(23)30(26)21-34(31)39-35(28)29/h1-25,28-32H,26-27H2;1-22,25-32H,23-24H2;1-17,20-22H,18-19H2. The summed E-state index contributed by atoms with van der Waals surface area (Å²) in [6.07, 6.45) is 10.2. The van der Waals surface area contributed by atoms with Gasteiger partial charge in [0, 0.05) is 112 Å². The molecule has 0 bridgehead atoms. The van der Waals surface area contributed by atoms with Crippen molar-refractivity contribution in [3.63, 3.8) is 0 Å². The maximum atomic E-state index is 5.29. The molecule has 6 heterocycles. The van der Waals surface area contributed by atoms with Gasteiger partial charge in [-0.25, -0.2) is 29.9 Å². The van der Waals surface area contributed by atoms with Gasteiger partial charge in [-0.1, -0.05) is 394 Å². The fourth-order valence-corrected chi connectivity index (χ4v) is 35.9. The van der Waals surface area contributed by atoms with Gasteiger partial charge in [0.25, 0.3) is 0 Å². The van der Waals surface area contributed by atoms with E-state index >= 15 is 0 Å². The predicted molar refractivity (Wildman–Crippen MR) is 609 cm³/mol. The molecule has 0 radical (unpaired) electrons. The fraction of sp³-hybridized carbons (Fsp3) is 0.0455. The molecule has 0 spiro atoms. The SMILES string of the molecule is c1ccc(-c2cc(-c3ccccc3)nc(-c3cccc4c3sc3cc5c(cc34)CCc3ccccc3-5)n2)cc1.c1ccc([Si](c2ccccc2)(c2ccccc2)c2cccc(-c3ccnc(-c4ccc5c(c4)CCc4cc6c(cc4-5)sc4ccccc46)n3)c2)cc1.c1ccc([Si](c2ccccc2)(c2ccccc2)c2cccc(-c3ccnc(-c4cccc5c4sc4cc6c(cc45)CCc4ccccc4-6)n3)c2)cc1. The van der Waals surface area contributed by atoms with Crippen LogP contribution in [0.5, 0.6) is 0 Å². The molecule has 3 aliphatic rings. The van der Waals surface area contributed by atoms with Crippen LogP contribution in [0, 0.1) is 0 Å². The molecule has 0 atom stereocenters. The van der Waals surface area contributed by atoms with Gasteiger partial charge in [0.15, 0.2) is 33.6 Å². The van der Waals surface area contributed by atoms with E-state index in [-0.39, 0.29) is 0 Å². The van der Waals surface area contributed by atoms with Crippen molar-refractivity contribution in [3.8, 4) is 113 Å². The molecular formula is C132H92N6S3Si2. The van der Waals surface area contributed by atoms with Gasteiger partial charge >= 0.3 is 0 Å². The Kier molecular flexibility index (Phi) is 22.6. The first-order chi connectivity index (χ1) is 70.8. The van der Waals surface area contributed by atoms with Gasteiger partial charge in [-0.15, -0.1) is 34.0 Å². The number of benzene rings is 19. The van der Waals surface area contributed by atoms with Gasteiger partial charge in [0.05, 0.1) is 22.8 Å². The summed E-state index contributed by atoms with van der Waals surface area (Å²) < 4.78 is 7.82. The number of nitrogens with zero attached hydrogens (tertiary/aromatic N) is 6. The van der Waals surface area contributed by atoms with Gasteiger partial charge in [0.2, 0.25) is 0 Å². The molecule has 0 aliphatic heterocycles. The minimum atomic E-state index is -2.67. The van der Waals surface area contributed by atoms with Crippen LogP contribution in [0.4, 0.5) is 0 Å². The van der Waals surface area contributed by atoms with Crippen molar-refractivity contribution in [1.82, 2.24) is 29.9 Å². The molecule has 25 aromatic rings. The number of aryl methyl sites for hydroxylation is 6. The maximum Gasteiger partial charge on any atom is 0.179 e. The largest absolute Gasteiger partial charge is 0.237 e. The summed E-state index contributed by atoms with van der Waals surface area (Å²) in [5.74, 6) is 2.28. The molecular weight excluding hydrogens is 1820 g/mol. The van der Waals surface area contributed by atoms with E-state index in [0.717, 1.165) is 118 Å². The Labute approximate surface area is 845 Å². The first kappa shape index (κ1) is 86.8. The highest BCUT2D eigenvalue weighted by molar-refractivity contribution is 7.27. The molecule has 6 aromatic heterocycles. The van der Waals surface area contributed by atoms with Crippen molar-refractivity contribution < 1.29 is 0 Å². The monoisotopic (exact) mass is 1910 g/mol. The number of fused-ring (bicyclic) bond motifs is 18. The summed E-state index contributed by atoms with van der Waals surface area (Å²) in [6.45, 7) is 0. The Morgan fingerprint density at radius 2 is 0.483 bits per heavy atom. The minimum Gasteiger partial charge on any atom is -0.237 e. The first-order valence-electron chi connectivity index (χ1n) is 49.3. The highest BCUT2D eigenvalue weighted by atomic mass is 32.1. The number of aromatic nitrogens is 6. The molecule has 0 fully saturated rings. The normalized spacial score (nSPS) is 12.4. The zero-order chi connectivity index (χ0) is 94.7. The number of hydrogen-bond acceptors (Lipinski definition) is 9. The van der Waals surface area contributed by atoms with E-state index in [0.29, 0.717) is 0 Å². The molecule has 6 nitrogen and oxygen atoms in total. The molecule has 11 heteroatoms. The van der Waals surface area contributed by atoms with Crippen LogP contribution in [0.3, 0.4) is 0 Å². The third kappa shape index (κ3) is 15.8. The summed E-state index contributed by atoms with van der Waals surface area (Å²) in [6, 6.07) is 173. The second-order valence-electron chi connectivity index (χ2n) is 37.5. The van der Waals surface area contributed by atoms with Crippen LogP contribution in [-0.4, -0.2) is 46.1 Å². The van der Waals surface area contributed by atoms with Gasteiger partial charge in [-0.3, -0.25) is 0 Å². The lowest BCUT2D eigenvalue weighted by Crippen LogP contribution is -2.74. The summed E-state index contributed by atoms with van der Waals surface area (Å²) in [5.41, 5.74) is 28.1.